The largest absolute Gasteiger partial charge is 0.484 e. The molecule has 0 saturated heterocycles. The first-order valence-corrected chi connectivity index (χ1v) is 8.97. The molecule has 0 spiro atoms. The van der Waals surface area contributed by atoms with E-state index in [1.165, 1.54) is 0 Å². The highest BCUT2D eigenvalue weighted by Gasteiger charge is 2.11. The van der Waals surface area contributed by atoms with Gasteiger partial charge in [-0.05, 0) is 61.4 Å². The number of ether oxygens (including phenoxy) is 1. The molecule has 0 radical (unpaired) electrons. The predicted molar refractivity (Wildman–Crippen MR) is 110 cm³/mol. The fourth-order valence-electron chi connectivity index (χ4n) is 3.05. The zero-order valence-electron chi connectivity index (χ0n) is 15.6. The number of hydrogen-bond donors (Lipinski definition) is 1. The highest BCUT2D eigenvalue weighted by molar-refractivity contribution is 5.96. The monoisotopic (exact) mass is 373 g/mol. The molecule has 28 heavy (non-hydrogen) atoms. The number of fused-ring (bicyclic) bond motifs is 2. The Hall–Kier alpha value is -3.60. The normalized spacial score (nSPS) is 10.9. The number of carbonyl (C=O) groups is 1. The molecule has 0 bridgehead atoms. The summed E-state index contributed by atoms with van der Waals surface area (Å²) in [7, 11) is 0. The van der Waals surface area contributed by atoms with Crippen molar-refractivity contribution in [1.82, 2.24) is 0 Å². The van der Waals surface area contributed by atoms with Gasteiger partial charge in [0, 0.05) is 11.8 Å². The summed E-state index contributed by atoms with van der Waals surface area (Å²) in [5, 5.41) is 3.81. The van der Waals surface area contributed by atoms with Gasteiger partial charge in [-0.1, -0.05) is 18.2 Å². The molecule has 3 aromatic carbocycles. The van der Waals surface area contributed by atoms with E-state index in [0.29, 0.717) is 33.4 Å². The predicted octanol–water partition coefficient (Wildman–Crippen LogP) is 4.58. The molecule has 1 heterocycles. The van der Waals surface area contributed by atoms with Crippen molar-refractivity contribution in [3.63, 3.8) is 0 Å². The maximum atomic E-state index is 12.8. The van der Waals surface area contributed by atoms with Crippen molar-refractivity contribution in [2.75, 3.05) is 11.9 Å². The van der Waals surface area contributed by atoms with Gasteiger partial charge in [0.15, 0.2) is 6.61 Å². The van der Waals surface area contributed by atoms with E-state index in [1.54, 1.807) is 30.3 Å². The standard InChI is InChI=1S/C23H19NO4/c1-14-10-19-20(11-15(14)2)28-21-12-16(8-9-18(21)23(19)26)24-22(25)13-27-17-6-4-3-5-7-17/h3-12H,13H2,1-2H3,(H,24,25). The van der Waals surface area contributed by atoms with Gasteiger partial charge < -0.3 is 14.5 Å². The van der Waals surface area contributed by atoms with E-state index in [-0.39, 0.29) is 17.9 Å². The van der Waals surface area contributed by atoms with E-state index in [2.05, 4.69) is 5.32 Å². The van der Waals surface area contributed by atoms with E-state index in [4.69, 9.17) is 9.15 Å². The molecule has 0 aliphatic rings. The maximum absolute atomic E-state index is 12.8. The van der Waals surface area contributed by atoms with Gasteiger partial charge in [-0.25, -0.2) is 0 Å². The number of amides is 1. The Morgan fingerprint density at radius 1 is 0.929 bits per heavy atom. The van der Waals surface area contributed by atoms with Gasteiger partial charge in [-0.15, -0.1) is 0 Å². The lowest BCUT2D eigenvalue weighted by Crippen LogP contribution is -2.20. The number of hydrogen-bond acceptors (Lipinski definition) is 4. The van der Waals surface area contributed by atoms with Crippen molar-refractivity contribution in [2.45, 2.75) is 13.8 Å². The van der Waals surface area contributed by atoms with Gasteiger partial charge in [0.1, 0.15) is 16.9 Å². The summed E-state index contributed by atoms with van der Waals surface area (Å²) in [6.07, 6.45) is 0. The molecular formula is C23H19NO4. The maximum Gasteiger partial charge on any atom is 0.262 e. The lowest BCUT2D eigenvalue weighted by molar-refractivity contribution is -0.118. The molecule has 1 N–H and O–H groups in total. The van der Waals surface area contributed by atoms with Crippen LogP contribution < -0.4 is 15.5 Å². The molecule has 0 atom stereocenters. The third-order valence-corrected chi connectivity index (χ3v) is 4.68. The smallest absolute Gasteiger partial charge is 0.262 e. The third kappa shape index (κ3) is 3.47. The average Bonchev–Trinajstić information content (AvgIpc) is 2.69. The Morgan fingerprint density at radius 2 is 1.64 bits per heavy atom. The zero-order chi connectivity index (χ0) is 19.7. The van der Waals surface area contributed by atoms with Crippen molar-refractivity contribution >= 4 is 33.5 Å². The van der Waals surface area contributed by atoms with Crippen LogP contribution in [0.15, 0.2) is 69.9 Å². The van der Waals surface area contributed by atoms with E-state index in [0.717, 1.165) is 11.1 Å². The topological polar surface area (TPSA) is 68.5 Å². The Labute approximate surface area is 161 Å². The molecule has 140 valence electrons. The van der Waals surface area contributed by atoms with Crippen LogP contribution in [0.25, 0.3) is 21.9 Å². The summed E-state index contributed by atoms with van der Waals surface area (Å²) in [6.45, 7) is 3.83. The van der Waals surface area contributed by atoms with Crippen LogP contribution >= 0.6 is 0 Å². The molecule has 0 fully saturated rings. The van der Waals surface area contributed by atoms with Crippen molar-refractivity contribution in [3.05, 3.63) is 82.0 Å². The lowest BCUT2D eigenvalue weighted by atomic mass is 10.1. The molecule has 1 amide bonds. The van der Waals surface area contributed by atoms with Crippen molar-refractivity contribution in [2.24, 2.45) is 0 Å². The highest BCUT2D eigenvalue weighted by atomic mass is 16.5. The second kappa shape index (κ2) is 7.19. The summed E-state index contributed by atoms with van der Waals surface area (Å²) in [6, 6.07) is 17.9. The Morgan fingerprint density at radius 3 is 2.43 bits per heavy atom. The highest BCUT2D eigenvalue weighted by Crippen LogP contribution is 2.24. The Bertz CT molecular complexity index is 1240. The number of aryl methyl sites for hydroxylation is 2. The summed E-state index contributed by atoms with van der Waals surface area (Å²) < 4.78 is 11.4. The average molecular weight is 373 g/mol. The number of rotatable bonds is 4. The quantitative estimate of drug-likeness (QED) is 0.532. The van der Waals surface area contributed by atoms with E-state index >= 15 is 0 Å². The Kier molecular flexibility index (Phi) is 4.57. The molecular weight excluding hydrogens is 354 g/mol. The fraction of sp³-hybridized carbons (Fsp3) is 0.130. The van der Waals surface area contributed by atoms with Crippen molar-refractivity contribution in [3.8, 4) is 5.75 Å². The summed E-state index contributed by atoms with van der Waals surface area (Å²) in [5.41, 5.74) is 3.53. The second-order valence-electron chi connectivity index (χ2n) is 6.72. The summed E-state index contributed by atoms with van der Waals surface area (Å²) >= 11 is 0. The summed E-state index contributed by atoms with van der Waals surface area (Å²) in [4.78, 5) is 24.9. The first kappa shape index (κ1) is 17.8. The second-order valence-corrected chi connectivity index (χ2v) is 6.72. The van der Waals surface area contributed by atoms with Crippen LogP contribution in [0.1, 0.15) is 11.1 Å². The number of para-hydroxylation sites is 1. The molecule has 0 unspecified atom stereocenters. The van der Waals surface area contributed by atoms with Gasteiger partial charge in [-0.3, -0.25) is 9.59 Å². The van der Waals surface area contributed by atoms with Crippen LogP contribution in [0.4, 0.5) is 5.69 Å². The molecule has 1 aromatic heterocycles. The minimum absolute atomic E-state index is 0.0790. The Balaban J connectivity index is 1.60. The van der Waals surface area contributed by atoms with Gasteiger partial charge in [-0.2, -0.15) is 0 Å². The molecule has 0 saturated carbocycles. The van der Waals surface area contributed by atoms with Crippen LogP contribution in [0.2, 0.25) is 0 Å². The molecule has 5 heteroatoms. The fourth-order valence-corrected chi connectivity index (χ4v) is 3.05. The first-order valence-electron chi connectivity index (χ1n) is 8.97. The SMILES string of the molecule is Cc1cc2oc3cc(NC(=O)COc4ccccc4)ccc3c(=O)c2cc1C. The molecule has 4 aromatic rings. The lowest BCUT2D eigenvalue weighted by Gasteiger charge is -2.09. The minimum Gasteiger partial charge on any atom is -0.484 e. The van der Waals surface area contributed by atoms with E-state index in [1.807, 2.05) is 44.2 Å². The van der Waals surface area contributed by atoms with Crippen LogP contribution in [0.3, 0.4) is 0 Å². The number of anilines is 1. The van der Waals surface area contributed by atoms with E-state index in [9.17, 15) is 9.59 Å². The van der Waals surface area contributed by atoms with Crippen molar-refractivity contribution in [1.29, 1.82) is 0 Å². The van der Waals surface area contributed by atoms with Crippen LogP contribution in [0.5, 0.6) is 5.75 Å². The minimum atomic E-state index is -0.294. The van der Waals surface area contributed by atoms with Crippen LogP contribution in [0, 0.1) is 13.8 Å². The number of nitrogens with one attached hydrogen (secondary N) is 1. The third-order valence-electron chi connectivity index (χ3n) is 4.68. The van der Waals surface area contributed by atoms with Gasteiger partial charge in [0.2, 0.25) is 5.43 Å². The number of carbonyl (C=O) groups excluding carboxylic acids is 1. The molecule has 0 aliphatic carbocycles. The first-order chi connectivity index (χ1) is 13.5. The molecule has 4 rings (SSSR count). The molecule has 5 nitrogen and oxygen atoms in total. The van der Waals surface area contributed by atoms with E-state index < -0.39 is 0 Å². The zero-order valence-corrected chi connectivity index (χ0v) is 15.6. The van der Waals surface area contributed by atoms with Gasteiger partial charge in [0.25, 0.3) is 5.91 Å². The van der Waals surface area contributed by atoms with Crippen LogP contribution in [-0.4, -0.2) is 12.5 Å². The van der Waals surface area contributed by atoms with Crippen molar-refractivity contribution < 1.29 is 13.9 Å². The number of benzene rings is 3. The van der Waals surface area contributed by atoms with Gasteiger partial charge >= 0.3 is 0 Å². The van der Waals surface area contributed by atoms with Gasteiger partial charge in [0.05, 0.1) is 10.8 Å². The molecule has 0 aliphatic heterocycles. The van der Waals surface area contributed by atoms with Crippen LogP contribution in [-0.2, 0) is 4.79 Å². The summed E-state index contributed by atoms with van der Waals surface area (Å²) in [5.74, 6) is 0.331.